The second kappa shape index (κ2) is 6.54. The van der Waals surface area contributed by atoms with E-state index < -0.39 is 5.97 Å². The third-order valence-electron chi connectivity index (χ3n) is 3.47. The SMILES string of the molecule is NCCCc1cn(CCCN)c2cc(C(=O)O)ccc12. The van der Waals surface area contributed by atoms with Crippen LogP contribution in [0.1, 0.15) is 28.8 Å². The summed E-state index contributed by atoms with van der Waals surface area (Å²) >= 11 is 0. The fourth-order valence-corrected chi connectivity index (χ4v) is 2.44. The van der Waals surface area contributed by atoms with Gasteiger partial charge in [-0.15, -0.1) is 0 Å². The van der Waals surface area contributed by atoms with Crippen LogP contribution < -0.4 is 11.5 Å². The number of hydrogen-bond acceptors (Lipinski definition) is 3. The maximum absolute atomic E-state index is 11.1. The third kappa shape index (κ3) is 3.00. The number of carboxylic acids is 1. The number of aryl methyl sites for hydroxylation is 2. The Hall–Kier alpha value is -1.85. The summed E-state index contributed by atoms with van der Waals surface area (Å²) < 4.78 is 2.10. The monoisotopic (exact) mass is 275 g/mol. The van der Waals surface area contributed by atoms with E-state index in [9.17, 15) is 4.79 Å². The van der Waals surface area contributed by atoms with Crippen molar-refractivity contribution in [1.82, 2.24) is 4.57 Å². The Morgan fingerprint density at radius 1 is 1.20 bits per heavy atom. The Morgan fingerprint density at radius 3 is 2.60 bits per heavy atom. The van der Waals surface area contributed by atoms with Gasteiger partial charge in [-0.3, -0.25) is 0 Å². The maximum atomic E-state index is 11.1. The molecule has 0 aliphatic carbocycles. The van der Waals surface area contributed by atoms with Crippen molar-refractivity contribution in [3.8, 4) is 0 Å². The average molecular weight is 275 g/mol. The van der Waals surface area contributed by atoms with E-state index in [0.29, 0.717) is 18.7 Å². The number of aromatic carboxylic acids is 1. The van der Waals surface area contributed by atoms with Crippen molar-refractivity contribution in [2.24, 2.45) is 11.5 Å². The first-order valence-electron chi connectivity index (χ1n) is 6.92. The Balaban J connectivity index is 2.45. The molecule has 0 saturated heterocycles. The highest BCUT2D eigenvalue weighted by atomic mass is 16.4. The highest BCUT2D eigenvalue weighted by molar-refractivity contribution is 5.94. The largest absolute Gasteiger partial charge is 0.478 e. The molecule has 5 nitrogen and oxygen atoms in total. The molecule has 20 heavy (non-hydrogen) atoms. The van der Waals surface area contributed by atoms with Gasteiger partial charge in [-0.2, -0.15) is 0 Å². The van der Waals surface area contributed by atoms with Gasteiger partial charge in [0.25, 0.3) is 0 Å². The van der Waals surface area contributed by atoms with E-state index in [1.54, 1.807) is 12.1 Å². The molecule has 108 valence electrons. The number of nitrogens with two attached hydrogens (primary N) is 2. The standard InChI is InChI=1S/C15H21N3O2/c16-6-1-3-12-10-18(8-2-7-17)14-9-11(15(19)20)4-5-13(12)14/h4-5,9-10H,1-3,6-8,16-17H2,(H,19,20). The lowest BCUT2D eigenvalue weighted by molar-refractivity contribution is 0.0697. The van der Waals surface area contributed by atoms with Gasteiger partial charge in [0.15, 0.2) is 0 Å². The highest BCUT2D eigenvalue weighted by Gasteiger charge is 2.11. The summed E-state index contributed by atoms with van der Waals surface area (Å²) in [6.07, 6.45) is 4.81. The van der Waals surface area contributed by atoms with Gasteiger partial charge in [-0.1, -0.05) is 6.07 Å². The van der Waals surface area contributed by atoms with Gasteiger partial charge in [-0.25, -0.2) is 4.79 Å². The molecule has 0 saturated carbocycles. The van der Waals surface area contributed by atoms with E-state index in [0.717, 1.165) is 36.7 Å². The van der Waals surface area contributed by atoms with E-state index in [2.05, 4.69) is 10.8 Å². The molecule has 0 amide bonds. The van der Waals surface area contributed by atoms with Gasteiger partial charge in [-0.05, 0) is 50.0 Å². The lowest BCUT2D eigenvalue weighted by atomic mass is 10.1. The predicted octanol–water partition coefficient (Wildman–Crippen LogP) is 1.58. The molecule has 0 fully saturated rings. The zero-order valence-corrected chi connectivity index (χ0v) is 11.5. The van der Waals surface area contributed by atoms with Gasteiger partial charge in [0, 0.05) is 23.6 Å². The molecule has 2 rings (SSSR count). The summed E-state index contributed by atoms with van der Waals surface area (Å²) in [6, 6.07) is 5.29. The Morgan fingerprint density at radius 2 is 1.95 bits per heavy atom. The van der Waals surface area contributed by atoms with Crippen LogP contribution in [0.3, 0.4) is 0 Å². The van der Waals surface area contributed by atoms with Crippen molar-refractivity contribution in [2.75, 3.05) is 13.1 Å². The summed E-state index contributed by atoms with van der Waals surface area (Å²) in [5, 5.41) is 10.2. The van der Waals surface area contributed by atoms with E-state index in [-0.39, 0.29) is 0 Å². The molecule has 0 spiro atoms. The molecule has 5 N–H and O–H groups in total. The molecule has 0 bridgehead atoms. The lowest BCUT2D eigenvalue weighted by Crippen LogP contribution is -2.05. The molecule has 0 unspecified atom stereocenters. The van der Waals surface area contributed by atoms with Gasteiger partial charge in [0.2, 0.25) is 0 Å². The third-order valence-corrected chi connectivity index (χ3v) is 3.47. The number of nitrogens with zero attached hydrogens (tertiary/aromatic N) is 1. The van der Waals surface area contributed by atoms with Crippen molar-refractivity contribution in [3.05, 3.63) is 35.5 Å². The van der Waals surface area contributed by atoms with E-state index in [1.807, 2.05) is 6.07 Å². The molecule has 5 heteroatoms. The normalized spacial score (nSPS) is 11.1. The van der Waals surface area contributed by atoms with Crippen LogP contribution in [-0.4, -0.2) is 28.7 Å². The van der Waals surface area contributed by atoms with Gasteiger partial charge >= 0.3 is 5.97 Å². The van der Waals surface area contributed by atoms with Crippen molar-refractivity contribution < 1.29 is 9.90 Å². The quantitative estimate of drug-likeness (QED) is 0.715. The minimum atomic E-state index is -0.901. The average Bonchev–Trinajstić information content (AvgIpc) is 2.80. The first kappa shape index (κ1) is 14.6. The maximum Gasteiger partial charge on any atom is 0.335 e. The number of fused-ring (bicyclic) bond motifs is 1. The number of benzene rings is 1. The van der Waals surface area contributed by atoms with Crippen molar-refractivity contribution in [2.45, 2.75) is 25.8 Å². The zero-order chi connectivity index (χ0) is 14.5. The molecule has 0 aliphatic heterocycles. The fraction of sp³-hybridized carbons (Fsp3) is 0.400. The van der Waals surface area contributed by atoms with Crippen LogP contribution in [0.2, 0.25) is 0 Å². The molecular weight excluding hydrogens is 254 g/mol. The summed E-state index contributed by atoms with van der Waals surface area (Å²) in [4.78, 5) is 11.1. The van der Waals surface area contributed by atoms with Crippen LogP contribution in [0.5, 0.6) is 0 Å². The van der Waals surface area contributed by atoms with E-state index in [1.165, 1.54) is 5.56 Å². The summed E-state index contributed by atoms with van der Waals surface area (Å²) in [6.45, 7) is 2.08. The Bertz CT molecular complexity index is 604. The van der Waals surface area contributed by atoms with Gasteiger partial charge in [0.1, 0.15) is 0 Å². The minimum absolute atomic E-state index is 0.315. The molecule has 1 heterocycles. The first-order chi connectivity index (χ1) is 9.67. The zero-order valence-electron chi connectivity index (χ0n) is 11.5. The number of carbonyl (C=O) groups is 1. The van der Waals surface area contributed by atoms with Crippen LogP contribution >= 0.6 is 0 Å². The molecule has 2 aromatic rings. The van der Waals surface area contributed by atoms with E-state index >= 15 is 0 Å². The molecule has 0 radical (unpaired) electrons. The lowest BCUT2D eigenvalue weighted by Gasteiger charge is -2.04. The fourth-order valence-electron chi connectivity index (χ4n) is 2.44. The topological polar surface area (TPSA) is 94.3 Å². The van der Waals surface area contributed by atoms with Gasteiger partial charge < -0.3 is 21.1 Å². The van der Waals surface area contributed by atoms with Crippen LogP contribution in [-0.2, 0) is 13.0 Å². The second-order valence-electron chi connectivity index (χ2n) is 4.92. The van der Waals surface area contributed by atoms with Crippen molar-refractivity contribution in [3.63, 3.8) is 0 Å². The van der Waals surface area contributed by atoms with Crippen LogP contribution in [0, 0.1) is 0 Å². The molecule has 0 aliphatic rings. The second-order valence-corrected chi connectivity index (χ2v) is 4.92. The molecule has 1 aromatic carbocycles. The van der Waals surface area contributed by atoms with Crippen molar-refractivity contribution >= 4 is 16.9 Å². The first-order valence-corrected chi connectivity index (χ1v) is 6.92. The number of carboxylic acid groups (broad SMARTS) is 1. The number of hydrogen-bond donors (Lipinski definition) is 3. The minimum Gasteiger partial charge on any atom is -0.478 e. The van der Waals surface area contributed by atoms with Gasteiger partial charge in [0.05, 0.1) is 5.56 Å². The Kier molecular flexibility index (Phi) is 4.76. The van der Waals surface area contributed by atoms with Crippen LogP contribution in [0.15, 0.2) is 24.4 Å². The number of rotatable bonds is 7. The van der Waals surface area contributed by atoms with Crippen molar-refractivity contribution in [1.29, 1.82) is 0 Å². The van der Waals surface area contributed by atoms with E-state index in [4.69, 9.17) is 16.6 Å². The summed E-state index contributed by atoms with van der Waals surface area (Å²) in [5.74, 6) is -0.901. The van der Waals surface area contributed by atoms with Crippen LogP contribution in [0.4, 0.5) is 0 Å². The van der Waals surface area contributed by atoms with Crippen LogP contribution in [0.25, 0.3) is 10.9 Å². The highest BCUT2D eigenvalue weighted by Crippen LogP contribution is 2.24. The number of aromatic nitrogens is 1. The molecular formula is C15H21N3O2. The predicted molar refractivity (Wildman–Crippen MR) is 79.9 cm³/mol. The Labute approximate surface area is 118 Å². The molecule has 1 aromatic heterocycles. The summed E-state index contributed by atoms with van der Waals surface area (Å²) in [7, 11) is 0. The molecule has 0 atom stereocenters. The smallest absolute Gasteiger partial charge is 0.335 e. The summed E-state index contributed by atoms with van der Waals surface area (Å²) in [5.41, 5.74) is 13.6.